The standard InChI is InChI=1S/C11H19NO6/c1-10(2,3)18-9(15)12-4-5-17-7-11(16,6-12)8(13)14/h16H,4-7H2,1-3H3,(H,13,14). The van der Waals surface area contributed by atoms with Crippen LogP contribution in [0.2, 0.25) is 0 Å². The van der Waals surface area contributed by atoms with E-state index in [0.29, 0.717) is 0 Å². The summed E-state index contributed by atoms with van der Waals surface area (Å²) >= 11 is 0. The van der Waals surface area contributed by atoms with Gasteiger partial charge in [-0.1, -0.05) is 0 Å². The lowest BCUT2D eigenvalue weighted by atomic mass is 10.1. The Bertz CT molecular complexity index is 337. The fourth-order valence-electron chi connectivity index (χ4n) is 1.47. The Labute approximate surface area is 105 Å². The van der Waals surface area contributed by atoms with E-state index >= 15 is 0 Å². The molecule has 1 saturated heterocycles. The number of ether oxygens (including phenoxy) is 2. The third-order valence-electron chi connectivity index (χ3n) is 2.35. The van der Waals surface area contributed by atoms with Crippen LogP contribution in [0.25, 0.3) is 0 Å². The molecule has 7 nitrogen and oxygen atoms in total. The highest BCUT2D eigenvalue weighted by atomic mass is 16.6. The number of aliphatic carboxylic acids is 1. The van der Waals surface area contributed by atoms with E-state index in [4.69, 9.17) is 14.6 Å². The fraction of sp³-hybridized carbons (Fsp3) is 0.818. The van der Waals surface area contributed by atoms with Gasteiger partial charge < -0.3 is 24.6 Å². The Hall–Kier alpha value is -1.34. The van der Waals surface area contributed by atoms with Gasteiger partial charge in [-0.25, -0.2) is 9.59 Å². The molecule has 2 N–H and O–H groups in total. The topological polar surface area (TPSA) is 96.3 Å². The number of hydrogen-bond donors (Lipinski definition) is 2. The molecule has 1 aliphatic heterocycles. The van der Waals surface area contributed by atoms with Crippen molar-refractivity contribution in [3.05, 3.63) is 0 Å². The number of carboxylic acid groups (broad SMARTS) is 1. The predicted octanol–water partition coefficient (Wildman–Crippen LogP) is 0.0694. The van der Waals surface area contributed by atoms with E-state index in [2.05, 4.69) is 0 Å². The van der Waals surface area contributed by atoms with Gasteiger partial charge >= 0.3 is 12.1 Å². The lowest BCUT2D eigenvalue weighted by Gasteiger charge is -2.29. The van der Waals surface area contributed by atoms with Crippen LogP contribution in [0, 0.1) is 0 Å². The molecular weight excluding hydrogens is 242 g/mol. The van der Waals surface area contributed by atoms with Gasteiger partial charge in [0, 0.05) is 6.54 Å². The molecule has 0 bridgehead atoms. The number of amides is 1. The largest absolute Gasteiger partial charge is 0.479 e. The number of carbonyl (C=O) groups excluding carboxylic acids is 1. The van der Waals surface area contributed by atoms with Crippen LogP contribution in [0.1, 0.15) is 20.8 Å². The first kappa shape index (κ1) is 14.7. The first-order chi connectivity index (χ1) is 8.14. The number of rotatable bonds is 1. The van der Waals surface area contributed by atoms with E-state index in [1.807, 2.05) is 0 Å². The maximum Gasteiger partial charge on any atom is 0.410 e. The second-order valence-electron chi connectivity index (χ2n) is 5.29. The fourth-order valence-corrected chi connectivity index (χ4v) is 1.47. The summed E-state index contributed by atoms with van der Waals surface area (Å²) in [5.41, 5.74) is -2.76. The van der Waals surface area contributed by atoms with Crippen molar-refractivity contribution in [1.82, 2.24) is 4.90 Å². The SMILES string of the molecule is CC(C)(C)OC(=O)N1CCOCC(O)(C(=O)O)C1. The molecule has 1 rings (SSSR count). The van der Waals surface area contributed by atoms with Crippen LogP contribution in [-0.2, 0) is 14.3 Å². The summed E-state index contributed by atoms with van der Waals surface area (Å²) in [6, 6.07) is 0. The zero-order valence-corrected chi connectivity index (χ0v) is 10.8. The molecule has 18 heavy (non-hydrogen) atoms. The molecule has 1 heterocycles. The molecule has 0 saturated carbocycles. The molecule has 0 aliphatic carbocycles. The van der Waals surface area contributed by atoms with E-state index in [1.54, 1.807) is 20.8 Å². The molecule has 0 aromatic heterocycles. The molecule has 104 valence electrons. The van der Waals surface area contributed by atoms with Crippen molar-refractivity contribution in [2.45, 2.75) is 32.0 Å². The van der Waals surface area contributed by atoms with E-state index in [0.717, 1.165) is 4.90 Å². The second-order valence-corrected chi connectivity index (χ2v) is 5.29. The van der Waals surface area contributed by atoms with Gasteiger partial charge in [-0.15, -0.1) is 0 Å². The highest BCUT2D eigenvalue weighted by Gasteiger charge is 2.42. The van der Waals surface area contributed by atoms with E-state index < -0.39 is 23.3 Å². The van der Waals surface area contributed by atoms with Crippen LogP contribution in [0.3, 0.4) is 0 Å². The van der Waals surface area contributed by atoms with Crippen molar-refractivity contribution in [3.8, 4) is 0 Å². The van der Waals surface area contributed by atoms with Crippen molar-refractivity contribution < 1.29 is 29.3 Å². The summed E-state index contributed by atoms with van der Waals surface area (Å²) < 4.78 is 10.1. The minimum Gasteiger partial charge on any atom is -0.479 e. The summed E-state index contributed by atoms with van der Waals surface area (Å²) in [5.74, 6) is -1.42. The van der Waals surface area contributed by atoms with Crippen molar-refractivity contribution in [2.24, 2.45) is 0 Å². The van der Waals surface area contributed by atoms with E-state index in [-0.39, 0.29) is 26.3 Å². The molecule has 1 atom stereocenters. The highest BCUT2D eigenvalue weighted by molar-refractivity contribution is 5.79. The number of β-amino-alcohol motifs (C(OH)–C–C–N with tert-alkyl or cyclic N) is 1. The molecule has 7 heteroatoms. The lowest BCUT2D eigenvalue weighted by Crippen LogP contribution is -2.52. The van der Waals surface area contributed by atoms with Crippen LogP contribution < -0.4 is 0 Å². The summed E-state index contributed by atoms with van der Waals surface area (Å²) in [7, 11) is 0. The summed E-state index contributed by atoms with van der Waals surface area (Å²) in [6.07, 6.45) is -0.660. The van der Waals surface area contributed by atoms with Gasteiger partial charge in [0.2, 0.25) is 5.60 Å². The molecule has 0 aromatic carbocycles. The number of carbonyl (C=O) groups is 2. The molecule has 1 amide bonds. The van der Waals surface area contributed by atoms with Gasteiger partial charge in [0.25, 0.3) is 0 Å². The third-order valence-corrected chi connectivity index (χ3v) is 2.35. The number of hydrogen-bond acceptors (Lipinski definition) is 5. The Morgan fingerprint density at radius 3 is 2.50 bits per heavy atom. The van der Waals surface area contributed by atoms with E-state index in [9.17, 15) is 14.7 Å². The zero-order chi connectivity index (χ0) is 14.0. The minimum absolute atomic E-state index is 0.162. The maximum atomic E-state index is 11.8. The third kappa shape index (κ3) is 3.85. The van der Waals surface area contributed by atoms with Crippen molar-refractivity contribution >= 4 is 12.1 Å². The average Bonchev–Trinajstić information content (AvgIpc) is 2.38. The van der Waals surface area contributed by atoms with E-state index in [1.165, 1.54) is 0 Å². The molecule has 0 aromatic rings. The quantitative estimate of drug-likeness (QED) is 0.693. The van der Waals surface area contributed by atoms with Gasteiger partial charge in [0.1, 0.15) is 5.60 Å². The summed E-state index contributed by atoms with van der Waals surface area (Å²) in [4.78, 5) is 23.9. The zero-order valence-electron chi connectivity index (χ0n) is 10.8. The van der Waals surface area contributed by atoms with Gasteiger partial charge in [0.15, 0.2) is 0 Å². The molecule has 1 unspecified atom stereocenters. The Morgan fingerprint density at radius 2 is 2.00 bits per heavy atom. The maximum absolute atomic E-state index is 11.8. The minimum atomic E-state index is -2.09. The van der Waals surface area contributed by atoms with Crippen molar-refractivity contribution in [1.29, 1.82) is 0 Å². The Balaban J connectivity index is 2.76. The average molecular weight is 261 g/mol. The predicted molar refractivity (Wildman–Crippen MR) is 61.2 cm³/mol. The molecule has 1 aliphatic rings. The highest BCUT2D eigenvalue weighted by Crippen LogP contribution is 2.16. The first-order valence-corrected chi connectivity index (χ1v) is 5.65. The number of aliphatic hydroxyl groups is 1. The van der Waals surface area contributed by atoms with Gasteiger partial charge in [0.05, 0.1) is 19.8 Å². The Morgan fingerprint density at radius 1 is 1.39 bits per heavy atom. The van der Waals surface area contributed by atoms with Crippen LogP contribution >= 0.6 is 0 Å². The summed E-state index contributed by atoms with van der Waals surface area (Å²) in [5, 5.41) is 18.8. The monoisotopic (exact) mass is 261 g/mol. The smallest absolute Gasteiger partial charge is 0.410 e. The van der Waals surface area contributed by atoms with Crippen LogP contribution in [0.5, 0.6) is 0 Å². The second kappa shape index (κ2) is 5.11. The molecular formula is C11H19NO6. The molecule has 0 radical (unpaired) electrons. The van der Waals surface area contributed by atoms with Gasteiger partial charge in [-0.2, -0.15) is 0 Å². The van der Waals surface area contributed by atoms with Gasteiger partial charge in [-0.3, -0.25) is 0 Å². The molecule has 0 spiro atoms. The van der Waals surface area contributed by atoms with Crippen LogP contribution in [-0.4, -0.2) is 64.7 Å². The van der Waals surface area contributed by atoms with Crippen LogP contribution in [0.4, 0.5) is 4.79 Å². The van der Waals surface area contributed by atoms with Crippen molar-refractivity contribution in [2.75, 3.05) is 26.3 Å². The van der Waals surface area contributed by atoms with Crippen molar-refractivity contribution in [3.63, 3.8) is 0 Å². The number of nitrogens with zero attached hydrogens (tertiary/aromatic N) is 1. The van der Waals surface area contributed by atoms with Crippen LogP contribution in [0.15, 0.2) is 0 Å². The Kier molecular flexibility index (Phi) is 4.18. The lowest BCUT2D eigenvalue weighted by molar-refractivity contribution is -0.164. The number of carboxylic acids is 1. The van der Waals surface area contributed by atoms with Gasteiger partial charge in [-0.05, 0) is 20.8 Å². The molecule has 1 fully saturated rings. The normalized spacial score (nSPS) is 25.4. The summed E-state index contributed by atoms with van der Waals surface area (Å²) in [6.45, 7) is 4.78. The first-order valence-electron chi connectivity index (χ1n) is 5.65.